The maximum absolute atomic E-state index is 4.18. The third kappa shape index (κ3) is 2.72. The average molecular weight is 224 g/mol. The smallest absolute Gasteiger partial charge is 0.205 e. The quantitative estimate of drug-likeness (QED) is 0.825. The first-order chi connectivity index (χ1) is 7.24. The molecule has 0 aliphatic carbocycles. The van der Waals surface area contributed by atoms with Crippen molar-refractivity contribution >= 4 is 16.5 Å². The van der Waals surface area contributed by atoms with Crippen LogP contribution in [0.4, 0.5) is 5.13 Å². The maximum atomic E-state index is 4.18. The Kier molecular flexibility index (Phi) is 2.91. The fraction of sp³-hybridized carbons (Fsp3) is 0.500. The standard InChI is InChI=1S/C8H12N6S/c1-6-11-12-8(15-6)9-4-3-7-10-5-14(2)13-7/h5H,3-4H2,1-2H3,(H,9,12). The second-order valence-corrected chi connectivity index (χ2v) is 4.32. The molecule has 80 valence electrons. The lowest BCUT2D eigenvalue weighted by Gasteiger charge is -1.97. The Hall–Kier alpha value is -1.50. The Labute approximate surface area is 91.4 Å². The molecule has 2 heterocycles. The normalized spacial score (nSPS) is 10.5. The lowest BCUT2D eigenvalue weighted by Crippen LogP contribution is -2.06. The molecule has 0 aromatic carbocycles. The molecule has 0 amide bonds. The predicted octanol–water partition coefficient (Wildman–Crippen LogP) is 0.630. The number of aromatic nitrogens is 5. The summed E-state index contributed by atoms with van der Waals surface area (Å²) in [6.45, 7) is 2.71. The van der Waals surface area contributed by atoms with E-state index < -0.39 is 0 Å². The van der Waals surface area contributed by atoms with Crippen molar-refractivity contribution in [3.63, 3.8) is 0 Å². The van der Waals surface area contributed by atoms with Gasteiger partial charge < -0.3 is 5.32 Å². The Balaban J connectivity index is 1.80. The van der Waals surface area contributed by atoms with E-state index in [1.807, 2.05) is 14.0 Å². The minimum Gasteiger partial charge on any atom is -0.360 e. The van der Waals surface area contributed by atoms with Gasteiger partial charge in [-0.25, -0.2) is 4.98 Å². The molecule has 6 nitrogen and oxygen atoms in total. The van der Waals surface area contributed by atoms with Crippen molar-refractivity contribution in [1.29, 1.82) is 0 Å². The molecule has 0 aliphatic rings. The molecule has 0 spiro atoms. The highest BCUT2D eigenvalue weighted by atomic mass is 32.1. The largest absolute Gasteiger partial charge is 0.360 e. The topological polar surface area (TPSA) is 68.5 Å². The summed E-state index contributed by atoms with van der Waals surface area (Å²) in [6.07, 6.45) is 2.49. The summed E-state index contributed by atoms with van der Waals surface area (Å²) in [5.41, 5.74) is 0. The van der Waals surface area contributed by atoms with Gasteiger partial charge in [0.15, 0.2) is 5.82 Å². The van der Waals surface area contributed by atoms with E-state index in [9.17, 15) is 0 Å². The van der Waals surface area contributed by atoms with E-state index in [0.29, 0.717) is 0 Å². The predicted molar refractivity (Wildman–Crippen MR) is 57.8 cm³/mol. The molecule has 0 saturated carbocycles. The molecule has 7 heteroatoms. The van der Waals surface area contributed by atoms with Crippen molar-refractivity contribution in [2.45, 2.75) is 13.3 Å². The summed E-state index contributed by atoms with van der Waals surface area (Å²) in [6, 6.07) is 0. The van der Waals surface area contributed by atoms with Gasteiger partial charge in [-0.2, -0.15) is 5.10 Å². The summed E-state index contributed by atoms with van der Waals surface area (Å²) in [4.78, 5) is 4.13. The highest BCUT2D eigenvalue weighted by molar-refractivity contribution is 7.15. The van der Waals surface area contributed by atoms with Crippen LogP contribution >= 0.6 is 11.3 Å². The Morgan fingerprint density at radius 2 is 2.33 bits per heavy atom. The van der Waals surface area contributed by atoms with E-state index in [0.717, 1.165) is 28.9 Å². The molecule has 0 unspecified atom stereocenters. The van der Waals surface area contributed by atoms with Gasteiger partial charge >= 0.3 is 0 Å². The third-order valence-electron chi connectivity index (χ3n) is 1.80. The van der Waals surface area contributed by atoms with Crippen LogP contribution in [0.2, 0.25) is 0 Å². The molecule has 2 rings (SSSR count). The van der Waals surface area contributed by atoms with E-state index in [1.165, 1.54) is 0 Å². The fourth-order valence-electron chi connectivity index (χ4n) is 1.15. The number of nitrogens with zero attached hydrogens (tertiary/aromatic N) is 5. The third-order valence-corrected chi connectivity index (χ3v) is 2.59. The molecular weight excluding hydrogens is 212 g/mol. The van der Waals surface area contributed by atoms with Crippen LogP contribution < -0.4 is 5.32 Å². The molecule has 0 aliphatic heterocycles. The van der Waals surface area contributed by atoms with Gasteiger partial charge in [-0.15, -0.1) is 10.2 Å². The highest BCUT2D eigenvalue weighted by Crippen LogP contribution is 2.12. The van der Waals surface area contributed by atoms with Crippen LogP contribution in [0.5, 0.6) is 0 Å². The number of rotatable bonds is 4. The highest BCUT2D eigenvalue weighted by Gasteiger charge is 2.01. The molecule has 15 heavy (non-hydrogen) atoms. The zero-order chi connectivity index (χ0) is 10.7. The van der Waals surface area contributed by atoms with Gasteiger partial charge in [-0.1, -0.05) is 11.3 Å². The summed E-state index contributed by atoms with van der Waals surface area (Å²) < 4.78 is 1.70. The van der Waals surface area contributed by atoms with Gasteiger partial charge in [0.2, 0.25) is 5.13 Å². The van der Waals surface area contributed by atoms with Crippen molar-refractivity contribution in [3.05, 3.63) is 17.2 Å². The molecule has 1 N–H and O–H groups in total. The van der Waals surface area contributed by atoms with Crippen molar-refractivity contribution in [2.24, 2.45) is 7.05 Å². The molecule has 0 radical (unpaired) electrons. The second kappa shape index (κ2) is 4.35. The zero-order valence-electron chi connectivity index (χ0n) is 8.64. The first kappa shape index (κ1) is 10.0. The minimum atomic E-state index is 0.776. The number of aryl methyl sites for hydroxylation is 2. The van der Waals surface area contributed by atoms with Crippen molar-refractivity contribution in [1.82, 2.24) is 25.0 Å². The van der Waals surface area contributed by atoms with E-state index >= 15 is 0 Å². The Morgan fingerprint density at radius 1 is 1.47 bits per heavy atom. The lowest BCUT2D eigenvalue weighted by atomic mass is 10.4. The second-order valence-electron chi connectivity index (χ2n) is 3.14. The van der Waals surface area contributed by atoms with Gasteiger partial charge in [-0.05, 0) is 6.92 Å². The number of anilines is 1. The molecule has 0 fully saturated rings. The molecule has 2 aromatic heterocycles. The van der Waals surface area contributed by atoms with E-state index in [4.69, 9.17) is 0 Å². The van der Waals surface area contributed by atoms with Gasteiger partial charge in [-0.3, -0.25) is 4.68 Å². The van der Waals surface area contributed by atoms with Crippen LogP contribution in [0, 0.1) is 6.92 Å². The first-order valence-electron chi connectivity index (χ1n) is 4.62. The van der Waals surface area contributed by atoms with Crippen molar-refractivity contribution in [3.8, 4) is 0 Å². The molecule has 0 saturated heterocycles. The number of hydrogen-bond acceptors (Lipinski definition) is 6. The van der Waals surface area contributed by atoms with Gasteiger partial charge in [0.25, 0.3) is 0 Å². The number of hydrogen-bond donors (Lipinski definition) is 1. The van der Waals surface area contributed by atoms with Crippen LogP contribution in [0.3, 0.4) is 0 Å². The Bertz CT molecular complexity index is 394. The first-order valence-corrected chi connectivity index (χ1v) is 5.44. The van der Waals surface area contributed by atoms with Crippen molar-refractivity contribution < 1.29 is 0 Å². The number of nitrogens with one attached hydrogen (secondary N) is 1. The summed E-state index contributed by atoms with van der Waals surface area (Å²) >= 11 is 1.55. The van der Waals surface area contributed by atoms with Crippen LogP contribution in [0.1, 0.15) is 10.8 Å². The van der Waals surface area contributed by atoms with E-state index in [-0.39, 0.29) is 0 Å². The van der Waals surface area contributed by atoms with Gasteiger partial charge in [0, 0.05) is 20.0 Å². The Morgan fingerprint density at radius 3 is 2.93 bits per heavy atom. The molecule has 0 atom stereocenters. The molecule has 2 aromatic rings. The van der Waals surface area contributed by atoms with E-state index in [1.54, 1.807) is 22.3 Å². The van der Waals surface area contributed by atoms with Crippen LogP contribution in [-0.2, 0) is 13.5 Å². The fourth-order valence-corrected chi connectivity index (χ4v) is 1.77. The van der Waals surface area contributed by atoms with Gasteiger partial charge in [0.05, 0.1) is 0 Å². The van der Waals surface area contributed by atoms with Crippen LogP contribution in [-0.4, -0.2) is 31.5 Å². The lowest BCUT2D eigenvalue weighted by molar-refractivity contribution is 0.742. The maximum Gasteiger partial charge on any atom is 0.205 e. The minimum absolute atomic E-state index is 0.776. The monoisotopic (exact) mass is 224 g/mol. The SMILES string of the molecule is Cc1nnc(NCCc2ncn(C)n2)s1. The van der Waals surface area contributed by atoms with Crippen molar-refractivity contribution in [2.75, 3.05) is 11.9 Å². The zero-order valence-corrected chi connectivity index (χ0v) is 9.45. The molecular formula is C8H12N6S. The van der Waals surface area contributed by atoms with Crippen LogP contribution in [0.25, 0.3) is 0 Å². The van der Waals surface area contributed by atoms with Gasteiger partial charge in [0.1, 0.15) is 11.3 Å². The summed E-state index contributed by atoms with van der Waals surface area (Å²) in [7, 11) is 1.86. The summed E-state index contributed by atoms with van der Waals surface area (Å²) in [5.74, 6) is 0.839. The molecule has 0 bridgehead atoms. The summed E-state index contributed by atoms with van der Waals surface area (Å²) in [5, 5.41) is 17.1. The average Bonchev–Trinajstić information content (AvgIpc) is 2.76. The van der Waals surface area contributed by atoms with Crippen LogP contribution in [0.15, 0.2) is 6.33 Å². The van der Waals surface area contributed by atoms with E-state index in [2.05, 4.69) is 25.6 Å².